The highest BCUT2D eigenvalue weighted by Crippen LogP contribution is 2.26. The van der Waals surface area contributed by atoms with E-state index in [1.807, 2.05) is 32.0 Å². The minimum absolute atomic E-state index is 0.0176. The van der Waals surface area contributed by atoms with Gasteiger partial charge in [0.05, 0.1) is 17.9 Å². The summed E-state index contributed by atoms with van der Waals surface area (Å²) in [5.74, 6) is -0.617. The highest BCUT2D eigenvalue weighted by molar-refractivity contribution is 7.89. The van der Waals surface area contributed by atoms with Crippen molar-refractivity contribution in [3.63, 3.8) is 0 Å². The predicted molar refractivity (Wildman–Crippen MR) is 115 cm³/mol. The molecule has 1 atom stereocenters. The molecule has 0 N–H and O–H groups in total. The van der Waals surface area contributed by atoms with E-state index in [-0.39, 0.29) is 24.5 Å². The average Bonchev–Trinajstić information content (AvgIpc) is 3.15. The fourth-order valence-corrected chi connectivity index (χ4v) is 4.83. The smallest absolute Gasteiger partial charge is 0.429 e. The van der Waals surface area contributed by atoms with Crippen molar-refractivity contribution in [2.24, 2.45) is 0 Å². The van der Waals surface area contributed by atoms with Gasteiger partial charge < -0.3 is 14.4 Å². The van der Waals surface area contributed by atoms with Crippen LogP contribution in [0.5, 0.6) is 0 Å². The Morgan fingerprint density at radius 1 is 1.06 bits per heavy atom. The first-order valence-electron chi connectivity index (χ1n) is 10.1. The van der Waals surface area contributed by atoms with E-state index in [0.29, 0.717) is 0 Å². The van der Waals surface area contributed by atoms with Crippen LogP contribution >= 0.6 is 0 Å². The first kappa shape index (κ1) is 22.6. The summed E-state index contributed by atoms with van der Waals surface area (Å²) in [6.07, 6.45) is -2.04. The number of ether oxygens (including phenoxy) is 2. The number of hydrogen-bond donors (Lipinski definition) is 0. The SMILES string of the molecule is CCN(CC)c1ccc(S(=O)(=O)N2CC(OC(=O)OCc3ccccc3)CC2=O)cc1. The van der Waals surface area contributed by atoms with E-state index in [1.165, 1.54) is 12.1 Å². The summed E-state index contributed by atoms with van der Waals surface area (Å²) < 4.78 is 36.8. The van der Waals surface area contributed by atoms with Gasteiger partial charge in [0.25, 0.3) is 10.0 Å². The molecule has 1 heterocycles. The third-order valence-electron chi connectivity index (χ3n) is 5.07. The quantitative estimate of drug-likeness (QED) is 0.575. The van der Waals surface area contributed by atoms with Gasteiger partial charge in [-0.2, -0.15) is 0 Å². The molecule has 8 nitrogen and oxygen atoms in total. The van der Waals surface area contributed by atoms with Crippen molar-refractivity contribution < 1.29 is 27.5 Å². The van der Waals surface area contributed by atoms with Crippen molar-refractivity contribution in [2.75, 3.05) is 24.5 Å². The monoisotopic (exact) mass is 446 g/mol. The zero-order valence-electron chi connectivity index (χ0n) is 17.6. The Balaban J connectivity index is 1.61. The Morgan fingerprint density at radius 2 is 1.71 bits per heavy atom. The molecule has 3 rings (SSSR count). The molecule has 9 heteroatoms. The second kappa shape index (κ2) is 9.82. The van der Waals surface area contributed by atoms with E-state index in [9.17, 15) is 18.0 Å². The van der Waals surface area contributed by atoms with Crippen molar-refractivity contribution in [2.45, 2.75) is 37.9 Å². The van der Waals surface area contributed by atoms with Crippen molar-refractivity contribution in [1.29, 1.82) is 0 Å². The average molecular weight is 447 g/mol. The van der Waals surface area contributed by atoms with E-state index in [0.717, 1.165) is 28.6 Å². The highest BCUT2D eigenvalue weighted by atomic mass is 32.2. The van der Waals surface area contributed by atoms with E-state index in [4.69, 9.17) is 9.47 Å². The minimum atomic E-state index is -4.03. The van der Waals surface area contributed by atoms with Crippen LogP contribution in [0.25, 0.3) is 0 Å². The Hall–Kier alpha value is -3.07. The molecule has 1 unspecified atom stereocenters. The zero-order valence-corrected chi connectivity index (χ0v) is 18.4. The molecule has 0 spiro atoms. The van der Waals surface area contributed by atoms with Gasteiger partial charge in [0.1, 0.15) is 12.7 Å². The number of carbonyl (C=O) groups excluding carboxylic acids is 2. The zero-order chi connectivity index (χ0) is 22.4. The molecule has 2 aromatic carbocycles. The van der Waals surface area contributed by atoms with Crippen LogP contribution < -0.4 is 4.90 Å². The normalized spacial score (nSPS) is 16.3. The fourth-order valence-electron chi connectivity index (χ4n) is 3.39. The number of anilines is 1. The van der Waals surface area contributed by atoms with Crippen LogP contribution in [-0.2, 0) is 30.9 Å². The Labute approximate surface area is 182 Å². The maximum Gasteiger partial charge on any atom is 0.508 e. The molecule has 2 aromatic rings. The van der Waals surface area contributed by atoms with Crippen LogP contribution in [0, 0.1) is 0 Å². The molecule has 166 valence electrons. The van der Waals surface area contributed by atoms with Gasteiger partial charge in [0.2, 0.25) is 5.91 Å². The molecule has 1 aliphatic heterocycles. The van der Waals surface area contributed by atoms with Crippen molar-refractivity contribution >= 4 is 27.8 Å². The number of hydrogen-bond acceptors (Lipinski definition) is 7. The van der Waals surface area contributed by atoms with Gasteiger partial charge in [-0.1, -0.05) is 30.3 Å². The third kappa shape index (κ3) is 5.35. The number of benzene rings is 2. The fraction of sp³-hybridized carbons (Fsp3) is 0.364. The van der Waals surface area contributed by atoms with E-state index in [2.05, 4.69) is 4.90 Å². The van der Waals surface area contributed by atoms with Crippen LogP contribution in [0.15, 0.2) is 59.5 Å². The molecular weight excluding hydrogens is 420 g/mol. The molecule has 0 bridgehead atoms. The number of carbonyl (C=O) groups is 2. The first-order chi connectivity index (χ1) is 14.8. The van der Waals surface area contributed by atoms with Gasteiger partial charge in [-0.3, -0.25) is 4.79 Å². The molecule has 0 radical (unpaired) electrons. The lowest BCUT2D eigenvalue weighted by Gasteiger charge is -2.22. The standard InChI is InChI=1S/C22H26N2O6S/c1-3-23(4-2)18-10-12-20(13-11-18)31(27,28)24-15-19(14-21(24)25)30-22(26)29-16-17-8-6-5-7-9-17/h5-13,19H,3-4,14-16H2,1-2H3. The number of rotatable bonds is 8. The Kier molecular flexibility index (Phi) is 7.17. The summed E-state index contributed by atoms with van der Waals surface area (Å²) in [6.45, 7) is 5.42. The van der Waals surface area contributed by atoms with Crippen LogP contribution in [0.2, 0.25) is 0 Å². The van der Waals surface area contributed by atoms with Crippen LogP contribution in [0.1, 0.15) is 25.8 Å². The molecule has 1 saturated heterocycles. The maximum atomic E-state index is 12.9. The van der Waals surface area contributed by atoms with Gasteiger partial charge in [0, 0.05) is 18.8 Å². The van der Waals surface area contributed by atoms with Crippen molar-refractivity contribution in [3.8, 4) is 0 Å². The Morgan fingerprint density at radius 3 is 2.32 bits per heavy atom. The molecule has 1 fully saturated rings. The topological polar surface area (TPSA) is 93.2 Å². The lowest BCUT2D eigenvalue weighted by molar-refractivity contribution is -0.123. The van der Waals surface area contributed by atoms with Crippen LogP contribution in [0.4, 0.5) is 10.5 Å². The lowest BCUT2D eigenvalue weighted by atomic mass is 10.2. The Bertz CT molecular complexity index is 1000. The highest BCUT2D eigenvalue weighted by Gasteiger charge is 2.40. The summed E-state index contributed by atoms with van der Waals surface area (Å²) in [5, 5.41) is 0. The second-order valence-electron chi connectivity index (χ2n) is 7.06. The summed E-state index contributed by atoms with van der Waals surface area (Å²) in [5.41, 5.74) is 1.69. The molecule has 0 aliphatic carbocycles. The lowest BCUT2D eigenvalue weighted by Crippen LogP contribution is -2.33. The van der Waals surface area contributed by atoms with Crippen molar-refractivity contribution in [3.05, 3.63) is 60.2 Å². The molecular formula is C22H26N2O6S. The summed E-state index contributed by atoms with van der Waals surface area (Å²) >= 11 is 0. The first-order valence-corrected chi connectivity index (χ1v) is 11.6. The summed E-state index contributed by atoms with van der Waals surface area (Å²) in [6, 6.07) is 15.5. The van der Waals surface area contributed by atoms with Gasteiger partial charge in [0.15, 0.2) is 0 Å². The van der Waals surface area contributed by atoms with E-state index >= 15 is 0 Å². The van der Waals surface area contributed by atoms with Crippen LogP contribution in [0.3, 0.4) is 0 Å². The predicted octanol–water partition coefficient (Wildman–Crippen LogP) is 3.18. The third-order valence-corrected chi connectivity index (χ3v) is 6.87. The van der Waals surface area contributed by atoms with Gasteiger partial charge in [-0.25, -0.2) is 17.5 Å². The number of amides is 1. The van der Waals surface area contributed by atoms with Crippen LogP contribution in [-0.4, -0.2) is 50.5 Å². The van der Waals surface area contributed by atoms with Gasteiger partial charge in [-0.15, -0.1) is 0 Å². The molecule has 1 aliphatic rings. The maximum absolute atomic E-state index is 12.9. The number of nitrogens with zero attached hydrogens (tertiary/aromatic N) is 2. The second-order valence-corrected chi connectivity index (χ2v) is 8.93. The van der Waals surface area contributed by atoms with E-state index < -0.39 is 28.2 Å². The molecule has 31 heavy (non-hydrogen) atoms. The van der Waals surface area contributed by atoms with Gasteiger partial charge >= 0.3 is 6.16 Å². The molecule has 1 amide bonds. The largest absolute Gasteiger partial charge is 0.508 e. The number of sulfonamides is 1. The molecule has 0 aromatic heterocycles. The van der Waals surface area contributed by atoms with Gasteiger partial charge in [-0.05, 0) is 43.7 Å². The van der Waals surface area contributed by atoms with E-state index in [1.54, 1.807) is 24.3 Å². The van der Waals surface area contributed by atoms with Crippen molar-refractivity contribution in [1.82, 2.24) is 4.31 Å². The minimum Gasteiger partial charge on any atom is -0.429 e. The summed E-state index contributed by atoms with van der Waals surface area (Å²) in [4.78, 5) is 26.4. The molecule has 0 saturated carbocycles. The summed E-state index contributed by atoms with van der Waals surface area (Å²) in [7, 11) is -4.03.